The van der Waals surface area contributed by atoms with Crippen LogP contribution in [0, 0.1) is 0 Å². The minimum Gasteiger partial charge on any atom is -0.395 e. The number of nitrogens with one attached hydrogen (secondary N) is 3. The molecular formula is C14H19N7O6S2. The first-order valence-electron chi connectivity index (χ1n) is 8.34. The summed E-state index contributed by atoms with van der Waals surface area (Å²) < 4.78 is 54.9. The van der Waals surface area contributed by atoms with E-state index in [9.17, 15) is 16.8 Å². The number of sulfonamides is 1. The third-order valence-corrected chi connectivity index (χ3v) is 6.02. The number of aromatic nitrogens is 3. The van der Waals surface area contributed by atoms with Gasteiger partial charge in [-0.05, 0) is 24.3 Å². The van der Waals surface area contributed by atoms with Crippen LogP contribution >= 0.6 is 0 Å². The molecule has 1 aromatic heterocycles. The fourth-order valence-electron chi connectivity index (χ4n) is 2.25. The second kappa shape index (κ2) is 8.42. The number of hydrogen-bond acceptors (Lipinski definition) is 11. The first-order valence-corrected chi connectivity index (χ1v) is 11.4. The van der Waals surface area contributed by atoms with Gasteiger partial charge in [-0.2, -0.15) is 27.7 Å². The Morgan fingerprint density at radius 3 is 2.07 bits per heavy atom. The molecule has 1 atom stereocenters. The lowest BCUT2D eigenvalue weighted by Gasteiger charge is -2.11. The van der Waals surface area contributed by atoms with Gasteiger partial charge in [0.05, 0.1) is 11.5 Å². The maximum absolute atomic E-state index is 11.2. The van der Waals surface area contributed by atoms with Crippen molar-refractivity contribution in [2.75, 3.05) is 48.1 Å². The summed E-state index contributed by atoms with van der Waals surface area (Å²) in [5, 5.41) is 17.5. The Hall–Kier alpha value is -2.59. The molecule has 1 aliphatic rings. The largest absolute Gasteiger partial charge is 0.395 e. The number of aliphatic hydroxyl groups is 1. The molecule has 2 heterocycles. The smallest absolute Gasteiger partial charge is 0.294 e. The van der Waals surface area contributed by atoms with Gasteiger partial charge in [0, 0.05) is 25.3 Å². The number of benzene rings is 1. The van der Waals surface area contributed by atoms with Crippen LogP contribution < -0.4 is 16.0 Å². The number of rotatable bonds is 10. The van der Waals surface area contributed by atoms with Crippen LogP contribution in [0.4, 0.5) is 23.5 Å². The predicted octanol–water partition coefficient (Wildman–Crippen LogP) is -0.719. The topological polar surface area (TPSA) is 187 Å². The molecular weight excluding hydrogens is 426 g/mol. The van der Waals surface area contributed by atoms with Crippen LogP contribution in [0.5, 0.6) is 0 Å². The summed E-state index contributed by atoms with van der Waals surface area (Å²) in [4.78, 5) is 12.2. The summed E-state index contributed by atoms with van der Waals surface area (Å²) in [6.07, 6.45) is 0. The van der Waals surface area contributed by atoms with E-state index in [0.29, 0.717) is 5.69 Å². The first-order chi connectivity index (χ1) is 13.7. The fourth-order valence-corrected chi connectivity index (χ4v) is 3.80. The Kier molecular flexibility index (Phi) is 6.13. The quantitative estimate of drug-likeness (QED) is 0.228. The summed E-state index contributed by atoms with van der Waals surface area (Å²) in [7, 11) is -7.36. The maximum atomic E-state index is 11.2. The summed E-state index contributed by atoms with van der Waals surface area (Å²) in [5.41, 5.74) is 0.456. The van der Waals surface area contributed by atoms with E-state index in [2.05, 4.69) is 30.9 Å². The molecule has 0 spiro atoms. The molecule has 2 aromatic rings. The van der Waals surface area contributed by atoms with Gasteiger partial charge in [-0.1, -0.05) is 0 Å². The van der Waals surface area contributed by atoms with Gasteiger partial charge in [0.2, 0.25) is 27.9 Å². The normalized spacial score (nSPS) is 17.5. The van der Waals surface area contributed by atoms with Crippen molar-refractivity contribution >= 4 is 43.7 Å². The van der Waals surface area contributed by atoms with Crippen LogP contribution in [0.2, 0.25) is 0 Å². The van der Waals surface area contributed by atoms with Crippen LogP contribution in [-0.4, -0.2) is 77.9 Å². The summed E-state index contributed by atoms with van der Waals surface area (Å²) in [6, 6.07) is 5.28. The molecule has 0 saturated carbocycles. The van der Waals surface area contributed by atoms with Crippen molar-refractivity contribution in [1.82, 2.24) is 19.3 Å². The van der Waals surface area contributed by atoms with Gasteiger partial charge in [-0.3, -0.25) is 4.55 Å². The predicted molar refractivity (Wildman–Crippen MR) is 104 cm³/mol. The van der Waals surface area contributed by atoms with Gasteiger partial charge in [0.15, 0.2) is 0 Å². The molecule has 29 heavy (non-hydrogen) atoms. The van der Waals surface area contributed by atoms with Crippen LogP contribution in [-0.2, 0) is 20.1 Å². The molecule has 15 heteroatoms. The van der Waals surface area contributed by atoms with E-state index < -0.39 is 20.1 Å². The highest BCUT2D eigenvalue weighted by Gasteiger charge is 2.39. The molecule has 3 rings (SSSR count). The Balaban J connectivity index is 1.72. The van der Waals surface area contributed by atoms with Gasteiger partial charge >= 0.3 is 0 Å². The number of nitrogens with zero attached hydrogens (tertiary/aromatic N) is 4. The monoisotopic (exact) mass is 445 g/mol. The van der Waals surface area contributed by atoms with Crippen molar-refractivity contribution in [2.45, 2.75) is 4.90 Å². The molecule has 0 bridgehead atoms. The first kappa shape index (κ1) is 21.1. The average molecular weight is 445 g/mol. The summed E-state index contributed by atoms with van der Waals surface area (Å²) in [5.74, 6) is 0.508. The van der Waals surface area contributed by atoms with Gasteiger partial charge in [0.25, 0.3) is 10.1 Å². The van der Waals surface area contributed by atoms with Crippen molar-refractivity contribution in [3.63, 3.8) is 0 Å². The van der Waals surface area contributed by atoms with Crippen molar-refractivity contribution in [2.24, 2.45) is 0 Å². The van der Waals surface area contributed by atoms with Crippen LogP contribution in [0.3, 0.4) is 0 Å². The molecule has 1 unspecified atom stereocenters. The van der Waals surface area contributed by atoms with E-state index in [-0.39, 0.29) is 54.9 Å². The lowest BCUT2D eigenvalue weighted by atomic mass is 10.3. The lowest BCUT2D eigenvalue weighted by Crippen LogP contribution is -2.17. The minimum absolute atomic E-state index is 0.0293. The number of anilines is 4. The van der Waals surface area contributed by atoms with Crippen molar-refractivity contribution in [3.8, 4) is 0 Å². The molecule has 1 aliphatic heterocycles. The molecule has 0 radical (unpaired) electrons. The molecule has 0 amide bonds. The number of hydrogen-bond donors (Lipinski definition) is 5. The van der Waals surface area contributed by atoms with E-state index in [0.717, 1.165) is 0 Å². The molecule has 1 aromatic carbocycles. The Labute approximate surface area is 167 Å². The fraction of sp³-hybridized carbons (Fsp3) is 0.357. The van der Waals surface area contributed by atoms with Crippen LogP contribution in [0.25, 0.3) is 0 Å². The third-order valence-electron chi connectivity index (χ3n) is 3.71. The molecule has 158 valence electrons. The summed E-state index contributed by atoms with van der Waals surface area (Å²) >= 11 is 0. The molecule has 5 N–H and O–H groups in total. The number of aliphatic hydroxyl groups excluding tert-OH is 1. The highest BCUT2D eigenvalue weighted by molar-refractivity contribution is 7.95. The Morgan fingerprint density at radius 1 is 1.00 bits per heavy atom. The second-order valence-electron chi connectivity index (χ2n) is 5.92. The Bertz CT molecular complexity index is 1080. The molecule has 1 fully saturated rings. The molecule has 13 nitrogen and oxygen atoms in total. The van der Waals surface area contributed by atoms with Crippen molar-refractivity contribution in [1.29, 1.82) is 0 Å². The minimum atomic E-state index is -4.30. The van der Waals surface area contributed by atoms with Gasteiger partial charge in [-0.15, -0.1) is 0 Å². The van der Waals surface area contributed by atoms with Crippen LogP contribution in [0.1, 0.15) is 0 Å². The summed E-state index contributed by atoms with van der Waals surface area (Å²) in [6.45, 7) is 0.623. The van der Waals surface area contributed by atoms with E-state index in [1.54, 1.807) is 0 Å². The average Bonchev–Trinajstić information content (AvgIpc) is 3.26. The highest BCUT2D eigenvalue weighted by atomic mass is 32.2. The van der Waals surface area contributed by atoms with Crippen molar-refractivity contribution in [3.05, 3.63) is 24.3 Å². The third kappa shape index (κ3) is 5.94. The lowest BCUT2D eigenvalue weighted by molar-refractivity contribution is 0.311. The van der Waals surface area contributed by atoms with Gasteiger partial charge in [-0.25, -0.2) is 8.42 Å². The maximum Gasteiger partial charge on any atom is 0.294 e. The van der Waals surface area contributed by atoms with Gasteiger partial charge < -0.3 is 21.1 Å². The molecule has 1 saturated heterocycles. The highest BCUT2D eigenvalue weighted by Crippen LogP contribution is 2.19. The van der Waals surface area contributed by atoms with E-state index in [4.69, 9.17) is 9.66 Å². The zero-order valence-corrected chi connectivity index (χ0v) is 16.6. The van der Waals surface area contributed by atoms with Crippen molar-refractivity contribution < 1.29 is 26.5 Å². The standard InChI is InChI=1S/C14H19N7O6S2/c22-8-6-16-13-18-12(15-5-7-21-9-28(21,23)24)19-14(20-13)17-10-1-3-11(4-2-10)29(25,26)27/h1-4,22H,5-9H2,(H,25,26,27)(H3,15,16,17,18,19,20). The van der Waals surface area contributed by atoms with E-state index in [1.165, 1.54) is 28.6 Å². The van der Waals surface area contributed by atoms with E-state index in [1.807, 2.05) is 0 Å². The SMILES string of the molecule is O=S(=O)(O)c1ccc(Nc2nc(NCCO)nc(NCCN3CS3(=O)=O)n2)cc1. The zero-order valence-electron chi connectivity index (χ0n) is 15.0. The van der Waals surface area contributed by atoms with E-state index >= 15 is 0 Å². The van der Waals surface area contributed by atoms with Gasteiger partial charge in [0.1, 0.15) is 5.88 Å². The second-order valence-corrected chi connectivity index (χ2v) is 9.28. The molecule has 0 aliphatic carbocycles. The Morgan fingerprint density at radius 2 is 1.55 bits per heavy atom. The zero-order chi connectivity index (χ0) is 21.1. The van der Waals surface area contributed by atoms with Crippen LogP contribution in [0.15, 0.2) is 29.2 Å².